The van der Waals surface area contributed by atoms with Gasteiger partial charge in [-0.2, -0.15) is 15.5 Å². The van der Waals surface area contributed by atoms with Gasteiger partial charge in [-0.25, -0.2) is 0 Å². The van der Waals surface area contributed by atoms with Gasteiger partial charge in [-0.3, -0.25) is 19.4 Å². The molecule has 2 aromatic heterocycles. The lowest BCUT2D eigenvalue weighted by Crippen LogP contribution is -2.53. The van der Waals surface area contributed by atoms with Gasteiger partial charge < -0.3 is 5.32 Å². The van der Waals surface area contributed by atoms with E-state index in [9.17, 15) is 9.59 Å². The maximum absolute atomic E-state index is 12.5. The molecule has 3 aromatic rings. The number of aromatic nitrogens is 4. The summed E-state index contributed by atoms with van der Waals surface area (Å²) in [6.45, 7) is 3.27. The average molecular weight is 420 g/mol. The molecule has 1 amide bonds. The molecule has 0 aliphatic rings. The second-order valence-corrected chi connectivity index (χ2v) is 7.93. The molecule has 0 bridgehead atoms. The van der Waals surface area contributed by atoms with Crippen molar-refractivity contribution in [3.8, 4) is 17.3 Å². The molecular formula is C19H19B2ClN6O2. The number of hydrogen-bond donors (Lipinski definition) is 2. The van der Waals surface area contributed by atoms with E-state index in [2.05, 4.69) is 20.6 Å². The number of ketones is 1. The summed E-state index contributed by atoms with van der Waals surface area (Å²) < 4.78 is 1.77. The summed E-state index contributed by atoms with van der Waals surface area (Å²) >= 11 is 6.13. The molecule has 0 aliphatic carbocycles. The largest absolute Gasteiger partial charge is 0.347 e. The zero-order valence-electron chi connectivity index (χ0n) is 17.0. The van der Waals surface area contributed by atoms with E-state index in [1.54, 1.807) is 22.9 Å². The van der Waals surface area contributed by atoms with Crippen LogP contribution in [0.4, 0.5) is 0 Å². The van der Waals surface area contributed by atoms with Crippen molar-refractivity contribution in [2.24, 2.45) is 0 Å². The van der Waals surface area contributed by atoms with Crippen LogP contribution in [-0.4, -0.2) is 53.4 Å². The molecule has 2 N–H and O–H groups in total. The molecule has 0 spiro atoms. The van der Waals surface area contributed by atoms with Crippen LogP contribution < -0.4 is 5.32 Å². The highest BCUT2D eigenvalue weighted by atomic mass is 35.5. The quantitative estimate of drug-likeness (QED) is 0.450. The molecule has 1 atom stereocenters. The minimum Gasteiger partial charge on any atom is -0.347 e. The Morgan fingerprint density at radius 1 is 1.33 bits per heavy atom. The van der Waals surface area contributed by atoms with Crippen molar-refractivity contribution in [2.45, 2.75) is 25.2 Å². The summed E-state index contributed by atoms with van der Waals surface area (Å²) in [6.07, 6.45) is 1.83. The molecule has 1 aromatic carbocycles. The maximum atomic E-state index is 12.5. The van der Waals surface area contributed by atoms with Crippen LogP contribution in [0.3, 0.4) is 0 Å². The van der Waals surface area contributed by atoms with Gasteiger partial charge >= 0.3 is 0 Å². The molecule has 0 unspecified atom stereocenters. The molecular weight excluding hydrogens is 401 g/mol. The number of H-pyrrole nitrogens is 1. The summed E-state index contributed by atoms with van der Waals surface area (Å²) in [6, 6.07) is 10.2. The van der Waals surface area contributed by atoms with Crippen molar-refractivity contribution in [2.75, 3.05) is 0 Å². The van der Waals surface area contributed by atoms with Gasteiger partial charge in [0.1, 0.15) is 27.5 Å². The molecule has 0 fully saturated rings. The van der Waals surface area contributed by atoms with E-state index in [-0.39, 0.29) is 29.1 Å². The van der Waals surface area contributed by atoms with Crippen molar-refractivity contribution >= 4 is 39.0 Å². The number of nitrogens with one attached hydrogen (secondary N) is 2. The monoisotopic (exact) mass is 420 g/mol. The third kappa shape index (κ3) is 4.16. The van der Waals surface area contributed by atoms with E-state index in [0.717, 1.165) is 5.56 Å². The Morgan fingerprint density at radius 2 is 2.07 bits per heavy atom. The van der Waals surface area contributed by atoms with Crippen molar-refractivity contribution < 1.29 is 9.59 Å². The normalized spacial score (nSPS) is 12.2. The number of hydrogen-bond acceptors (Lipinski definition) is 5. The minimum atomic E-state index is -0.565. The fourth-order valence-electron chi connectivity index (χ4n) is 2.83. The second-order valence-electron chi connectivity index (χ2n) is 7.52. The summed E-state index contributed by atoms with van der Waals surface area (Å²) in [5.74, 6) is -0.576. The standard InChI is InChI=1S/C19H19B2ClN6O2/c1-10(29)16-8-17(26-25-16)18(30)24-11(2)19(20,21)28-6-5-15(27-28)12-3-4-13(9-23)14(22)7-12/h3-8,11H,20-21H2,1-2H3,(H,24,30)(H,25,26)/t11-/m0/s1. The van der Waals surface area contributed by atoms with Crippen LogP contribution in [0.15, 0.2) is 36.5 Å². The molecule has 30 heavy (non-hydrogen) atoms. The third-order valence-electron chi connectivity index (χ3n) is 5.16. The fraction of sp³-hybridized carbons (Fsp3) is 0.211. The van der Waals surface area contributed by atoms with Crippen LogP contribution in [0.5, 0.6) is 0 Å². The molecule has 0 saturated heterocycles. The van der Waals surface area contributed by atoms with Crippen LogP contribution in [0.2, 0.25) is 5.02 Å². The first kappa shape index (κ1) is 21.4. The smallest absolute Gasteiger partial charge is 0.272 e. The highest BCUT2D eigenvalue weighted by Crippen LogP contribution is 2.25. The molecule has 2 heterocycles. The van der Waals surface area contributed by atoms with Crippen LogP contribution in [0, 0.1) is 11.3 Å². The number of rotatable bonds is 6. The first-order chi connectivity index (χ1) is 14.1. The van der Waals surface area contributed by atoms with Crippen LogP contribution in [-0.2, 0) is 5.34 Å². The van der Waals surface area contributed by atoms with Gasteiger partial charge in [0.05, 0.1) is 16.3 Å². The van der Waals surface area contributed by atoms with E-state index in [1.807, 2.05) is 40.9 Å². The number of Topliss-reactive ketones (excluding diaryl/α,β-unsaturated/α-hetero) is 1. The number of carbonyl (C=O) groups excluding carboxylic acids is 2. The molecule has 8 nitrogen and oxygen atoms in total. The van der Waals surface area contributed by atoms with Crippen LogP contribution >= 0.6 is 11.6 Å². The van der Waals surface area contributed by atoms with E-state index < -0.39 is 5.34 Å². The highest BCUT2D eigenvalue weighted by molar-refractivity contribution is 6.38. The molecule has 11 heteroatoms. The molecule has 0 saturated carbocycles. The number of aromatic amines is 1. The molecule has 0 aliphatic heterocycles. The van der Waals surface area contributed by atoms with Gasteiger partial charge in [0.2, 0.25) is 0 Å². The van der Waals surface area contributed by atoms with Gasteiger partial charge in [0.15, 0.2) is 11.5 Å². The lowest BCUT2D eigenvalue weighted by Gasteiger charge is -2.33. The lowest BCUT2D eigenvalue weighted by atomic mass is 9.58. The van der Waals surface area contributed by atoms with E-state index in [0.29, 0.717) is 16.3 Å². The summed E-state index contributed by atoms with van der Waals surface area (Å²) in [5.41, 5.74) is 2.33. The molecule has 150 valence electrons. The molecule has 0 radical (unpaired) electrons. The zero-order valence-corrected chi connectivity index (χ0v) is 17.8. The first-order valence-corrected chi connectivity index (χ1v) is 9.64. The third-order valence-corrected chi connectivity index (χ3v) is 5.47. The number of amides is 1. The summed E-state index contributed by atoms with van der Waals surface area (Å²) in [5, 5.41) is 22.8. The number of halogens is 1. The minimum absolute atomic E-state index is 0.149. The SMILES string of the molecule is BC(B)([C@H](C)NC(=O)c1cc(C(C)=O)[nH]n1)n1ccc(-c2ccc(C#N)c(Cl)c2)n1. The Kier molecular flexibility index (Phi) is 5.85. The van der Waals surface area contributed by atoms with Gasteiger partial charge in [0.25, 0.3) is 5.91 Å². The fourth-order valence-corrected chi connectivity index (χ4v) is 3.05. The van der Waals surface area contributed by atoms with E-state index in [4.69, 9.17) is 16.9 Å². The van der Waals surface area contributed by atoms with Crippen LogP contribution in [0.1, 0.15) is 40.4 Å². The predicted octanol–water partition coefficient (Wildman–Crippen LogP) is 0.696. The maximum Gasteiger partial charge on any atom is 0.272 e. The predicted molar refractivity (Wildman–Crippen MR) is 118 cm³/mol. The number of benzene rings is 1. The molecule has 3 rings (SSSR count). The van der Waals surface area contributed by atoms with Crippen molar-refractivity contribution in [3.05, 3.63) is 58.5 Å². The Hall–Kier alpha value is -3.31. The van der Waals surface area contributed by atoms with Gasteiger partial charge in [0, 0.05) is 30.1 Å². The Labute approximate surface area is 180 Å². The van der Waals surface area contributed by atoms with Gasteiger partial charge in [-0.15, -0.1) is 0 Å². The number of nitrogens with zero attached hydrogens (tertiary/aromatic N) is 4. The highest BCUT2D eigenvalue weighted by Gasteiger charge is 2.31. The average Bonchev–Trinajstić information content (AvgIpc) is 3.38. The second kappa shape index (κ2) is 8.20. The Balaban J connectivity index is 1.77. The summed E-state index contributed by atoms with van der Waals surface area (Å²) in [7, 11) is 3.90. The van der Waals surface area contributed by atoms with Crippen molar-refractivity contribution in [1.29, 1.82) is 5.26 Å². The zero-order chi connectivity index (χ0) is 22.1. The Morgan fingerprint density at radius 3 is 2.67 bits per heavy atom. The number of nitriles is 1. The van der Waals surface area contributed by atoms with Crippen LogP contribution in [0.25, 0.3) is 11.3 Å². The van der Waals surface area contributed by atoms with E-state index in [1.165, 1.54) is 13.0 Å². The summed E-state index contributed by atoms with van der Waals surface area (Å²) in [4.78, 5) is 23.9. The van der Waals surface area contributed by atoms with Crippen molar-refractivity contribution in [1.82, 2.24) is 25.3 Å². The topological polar surface area (TPSA) is 116 Å². The first-order valence-electron chi connectivity index (χ1n) is 9.27. The number of carbonyl (C=O) groups is 2. The van der Waals surface area contributed by atoms with Crippen molar-refractivity contribution in [3.63, 3.8) is 0 Å². The Bertz CT molecular complexity index is 1160. The van der Waals surface area contributed by atoms with E-state index >= 15 is 0 Å². The van der Waals surface area contributed by atoms with Gasteiger partial charge in [-0.05, 0) is 31.2 Å². The lowest BCUT2D eigenvalue weighted by molar-refractivity contribution is 0.0924. The van der Waals surface area contributed by atoms with Gasteiger partial charge in [-0.1, -0.05) is 17.7 Å².